The lowest BCUT2D eigenvalue weighted by atomic mass is 9.71. The molecule has 0 radical (unpaired) electrons. The highest BCUT2D eigenvalue weighted by atomic mass is 15.5. The van der Waals surface area contributed by atoms with Crippen molar-refractivity contribution in [1.82, 2.24) is 19.9 Å². The van der Waals surface area contributed by atoms with Gasteiger partial charge in [0.05, 0.1) is 27.8 Å². The Kier molecular flexibility index (Phi) is 7.11. The molecule has 6 heterocycles. The zero-order valence-corrected chi connectivity index (χ0v) is 34.1. The molecule has 0 N–H and O–H groups in total. The van der Waals surface area contributed by atoms with Gasteiger partial charge in [-0.25, -0.2) is 19.9 Å². The molecule has 4 aliphatic rings. The van der Waals surface area contributed by atoms with E-state index in [1.807, 2.05) is 12.1 Å². The molecule has 8 nitrogen and oxygen atoms in total. The molecule has 298 valence electrons. The average Bonchev–Trinajstić information content (AvgIpc) is 3.85. The van der Waals surface area contributed by atoms with Crippen molar-refractivity contribution in [3.8, 4) is 0 Å². The summed E-state index contributed by atoms with van der Waals surface area (Å²) in [6, 6.07) is 64.7. The van der Waals surface area contributed by atoms with E-state index in [2.05, 4.69) is 189 Å². The van der Waals surface area contributed by atoms with Crippen molar-refractivity contribution in [3.63, 3.8) is 0 Å². The predicted octanol–water partition coefficient (Wildman–Crippen LogP) is 12.9. The van der Waals surface area contributed by atoms with Crippen molar-refractivity contribution in [2.45, 2.75) is 24.7 Å². The highest BCUT2D eigenvalue weighted by molar-refractivity contribution is 6.23. The molecule has 8 aromatic carbocycles. The third-order valence-electron chi connectivity index (χ3n) is 13.8. The molecule has 4 unspecified atom stereocenters. The molecule has 0 aliphatic carbocycles. The summed E-state index contributed by atoms with van der Waals surface area (Å²) in [4.78, 5) is 32.6. The summed E-state index contributed by atoms with van der Waals surface area (Å²) in [5.74, 6) is 3.23. The number of fused-ring (bicyclic) bond motifs is 21. The van der Waals surface area contributed by atoms with Crippen LogP contribution in [-0.4, -0.2) is 32.3 Å². The monoisotopic (exact) mass is 810 g/mol. The fourth-order valence-corrected chi connectivity index (χ4v) is 11.3. The summed E-state index contributed by atoms with van der Waals surface area (Å²) in [6.07, 6.45) is 0.180. The van der Waals surface area contributed by atoms with Gasteiger partial charge < -0.3 is 19.6 Å². The van der Waals surface area contributed by atoms with E-state index >= 15 is 0 Å². The van der Waals surface area contributed by atoms with Crippen LogP contribution < -0.4 is 19.6 Å². The smallest absolute Gasteiger partial charge is 0.179 e. The number of hydrogen-bond acceptors (Lipinski definition) is 8. The molecule has 4 atom stereocenters. The Morgan fingerprint density at radius 3 is 1.43 bits per heavy atom. The van der Waals surface area contributed by atoms with E-state index in [1.165, 1.54) is 16.3 Å². The number of allylic oxidation sites excluding steroid dienone is 1. The van der Waals surface area contributed by atoms with Gasteiger partial charge in [-0.3, -0.25) is 0 Å². The molecule has 0 amide bonds. The fraction of sp³-hybridized carbons (Fsp3) is 0.0909. The second-order valence-corrected chi connectivity index (χ2v) is 17.1. The van der Waals surface area contributed by atoms with Crippen molar-refractivity contribution in [2.75, 3.05) is 19.6 Å². The van der Waals surface area contributed by atoms with Crippen molar-refractivity contribution in [2.24, 2.45) is 5.92 Å². The first kappa shape index (κ1) is 34.6. The van der Waals surface area contributed by atoms with E-state index < -0.39 is 0 Å². The van der Waals surface area contributed by atoms with Crippen LogP contribution in [0.1, 0.15) is 23.5 Å². The van der Waals surface area contributed by atoms with Crippen LogP contribution in [0.15, 0.2) is 189 Å². The van der Waals surface area contributed by atoms with Gasteiger partial charge in [-0.15, -0.1) is 0 Å². The lowest BCUT2D eigenvalue weighted by Crippen LogP contribution is -2.60. The van der Waals surface area contributed by atoms with Gasteiger partial charge in [0, 0.05) is 45.2 Å². The third kappa shape index (κ3) is 4.75. The van der Waals surface area contributed by atoms with Gasteiger partial charge in [0.2, 0.25) is 0 Å². The van der Waals surface area contributed by atoms with Crippen molar-refractivity contribution >= 4 is 95.2 Å². The van der Waals surface area contributed by atoms with Crippen LogP contribution in [0.25, 0.3) is 49.2 Å². The third-order valence-corrected chi connectivity index (χ3v) is 13.8. The zero-order valence-electron chi connectivity index (χ0n) is 34.1. The normalized spacial score (nSPS) is 19.6. The Balaban J connectivity index is 1.12. The summed E-state index contributed by atoms with van der Waals surface area (Å²) < 4.78 is 0. The van der Waals surface area contributed by atoms with Crippen LogP contribution >= 0.6 is 0 Å². The average molecular weight is 811 g/mol. The fourth-order valence-electron chi connectivity index (χ4n) is 11.3. The first-order valence-corrected chi connectivity index (χ1v) is 21.7. The summed E-state index contributed by atoms with van der Waals surface area (Å²) in [5, 5.41) is 4.51. The Bertz CT molecular complexity index is 3540. The minimum Gasteiger partial charge on any atom is -0.301 e. The molecule has 2 aromatic heterocycles. The molecule has 10 aromatic rings. The van der Waals surface area contributed by atoms with E-state index in [9.17, 15) is 0 Å². The number of aromatic nitrogens is 4. The van der Waals surface area contributed by atoms with Gasteiger partial charge in [0.1, 0.15) is 12.3 Å². The number of anilines is 8. The van der Waals surface area contributed by atoms with E-state index in [0.29, 0.717) is 0 Å². The highest BCUT2D eigenvalue weighted by Crippen LogP contribution is 2.62. The summed E-state index contributed by atoms with van der Waals surface area (Å²) in [5.41, 5.74) is 11.3. The molecular weight excluding hydrogens is 773 g/mol. The van der Waals surface area contributed by atoms with Crippen LogP contribution in [0.5, 0.6) is 0 Å². The lowest BCUT2D eigenvalue weighted by molar-refractivity contribution is 0.289. The number of nitrogens with zero attached hydrogens (tertiary/aromatic N) is 8. The number of hydrogen-bond donors (Lipinski definition) is 0. The minimum absolute atomic E-state index is 0.0161. The molecule has 0 bridgehead atoms. The van der Waals surface area contributed by atoms with Gasteiger partial charge in [-0.05, 0) is 76.9 Å². The molecule has 4 aliphatic heterocycles. The Morgan fingerprint density at radius 2 is 0.825 bits per heavy atom. The second-order valence-electron chi connectivity index (χ2n) is 17.1. The zero-order chi connectivity index (χ0) is 41.3. The maximum atomic E-state index is 5.85. The lowest BCUT2D eigenvalue weighted by Gasteiger charge is -2.52. The van der Waals surface area contributed by atoms with Crippen molar-refractivity contribution in [1.29, 1.82) is 0 Å². The Hall–Kier alpha value is -8.10. The van der Waals surface area contributed by atoms with Crippen LogP contribution in [0.2, 0.25) is 0 Å². The first-order valence-electron chi connectivity index (χ1n) is 21.7. The Morgan fingerprint density at radius 1 is 0.397 bits per heavy atom. The van der Waals surface area contributed by atoms with E-state index in [0.717, 1.165) is 96.4 Å². The predicted molar refractivity (Wildman–Crippen MR) is 256 cm³/mol. The van der Waals surface area contributed by atoms with Crippen LogP contribution in [0.3, 0.4) is 0 Å². The number of para-hydroxylation sites is 6. The topological polar surface area (TPSA) is 64.5 Å². The van der Waals surface area contributed by atoms with Gasteiger partial charge in [-0.2, -0.15) is 0 Å². The largest absolute Gasteiger partial charge is 0.301 e. The quantitative estimate of drug-likeness (QED) is 0.160. The molecule has 14 rings (SSSR count). The summed E-state index contributed by atoms with van der Waals surface area (Å²) in [6.45, 7) is 4.90. The summed E-state index contributed by atoms with van der Waals surface area (Å²) in [7, 11) is 0. The van der Waals surface area contributed by atoms with Gasteiger partial charge in [-0.1, -0.05) is 140 Å². The van der Waals surface area contributed by atoms with Gasteiger partial charge >= 0.3 is 0 Å². The number of rotatable bonds is 2. The van der Waals surface area contributed by atoms with Crippen molar-refractivity contribution < 1.29 is 0 Å². The molecule has 0 saturated carbocycles. The van der Waals surface area contributed by atoms with Crippen molar-refractivity contribution in [3.05, 3.63) is 200 Å². The Labute approximate surface area is 363 Å². The maximum absolute atomic E-state index is 5.85. The van der Waals surface area contributed by atoms with Gasteiger partial charge in [0.25, 0.3) is 0 Å². The standard InChI is InChI=1S/C55H38N8/c1-33-32-42-39-25-13-17-31-46(39)63-51-50(56-43-28-14-15-29-44(43)57-51)60(34-18-4-2-5-19-34)54(63)47(42)55-61(35-20-6-3-7-21-35)52-53(62(55)45-30-16-12-22-36(33)45)59-49-41-27-11-9-24-38(41)37-23-8-10-26-40(37)48(49)58-52/h2-31,42,47,54-55H,1,32H2. The second kappa shape index (κ2) is 13.0. The number of benzene rings is 8. The van der Waals surface area contributed by atoms with Crippen LogP contribution in [0.4, 0.5) is 46.0 Å². The molecule has 0 spiro atoms. The van der Waals surface area contributed by atoms with E-state index in [1.54, 1.807) is 0 Å². The molecule has 8 heteroatoms. The maximum Gasteiger partial charge on any atom is 0.179 e. The first-order chi connectivity index (χ1) is 31.2. The van der Waals surface area contributed by atoms with E-state index in [4.69, 9.17) is 26.5 Å². The highest BCUT2D eigenvalue weighted by Gasteiger charge is 2.59. The molecular formula is C55H38N8. The van der Waals surface area contributed by atoms with E-state index in [-0.39, 0.29) is 24.2 Å². The molecule has 63 heavy (non-hydrogen) atoms. The molecule has 0 fully saturated rings. The van der Waals surface area contributed by atoms with Crippen LogP contribution in [-0.2, 0) is 0 Å². The molecule has 0 saturated heterocycles. The SMILES string of the molecule is C=C1CC2c3ccccc3N3c4nc5ccccc5nc4N(c4ccccc4)C3C2C2N(c3ccccc3)c3nc4c5ccccc5c5ccccc5c4nc3N2c2ccccc21. The van der Waals surface area contributed by atoms with Crippen LogP contribution in [0, 0.1) is 5.92 Å². The van der Waals surface area contributed by atoms with Gasteiger partial charge in [0.15, 0.2) is 23.3 Å². The summed E-state index contributed by atoms with van der Waals surface area (Å²) >= 11 is 0. The minimum atomic E-state index is -0.313.